The van der Waals surface area contributed by atoms with Crippen molar-refractivity contribution in [1.29, 1.82) is 0 Å². The first-order valence-corrected chi connectivity index (χ1v) is 9.52. The Kier molecular flexibility index (Phi) is 5.71. The van der Waals surface area contributed by atoms with E-state index in [1.165, 1.54) is 0 Å². The topological polar surface area (TPSA) is 57.9 Å². The fourth-order valence-corrected chi connectivity index (χ4v) is 3.70. The minimum absolute atomic E-state index is 0.0414. The molecule has 0 N–H and O–H groups in total. The summed E-state index contributed by atoms with van der Waals surface area (Å²) < 4.78 is 1.59. The highest BCUT2D eigenvalue weighted by Crippen LogP contribution is 2.21. The number of rotatable bonds is 5. The van der Waals surface area contributed by atoms with Crippen molar-refractivity contribution >= 4 is 11.6 Å². The number of pyridine rings is 1. The van der Waals surface area contributed by atoms with E-state index < -0.39 is 0 Å². The minimum atomic E-state index is -0.0414. The van der Waals surface area contributed by atoms with E-state index >= 15 is 0 Å². The second-order valence-electron chi connectivity index (χ2n) is 7.08. The monoisotopic (exact) mass is 356 g/mol. The second kappa shape index (κ2) is 7.99. The van der Waals surface area contributed by atoms with Gasteiger partial charge in [-0.25, -0.2) is 4.98 Å². The average Bonchev–Trinajstić information content (AvgIpc) is 2.64. The maximum atomic E-state index is 12.5. The number of hydrogen-bond acceptors (Lipinski definition) is 4. The number of carbonyl (C=O) groups is 1. The van der Waals surface area contributed by atoms with E-state index in [-0.39, 0.29) is 17.4 Å². The molecule has 1 aliphatic heterocycles. The fraction of sp³-hybridized carbons (Fsp3) is 0.550. The predicted octanol–water partition coefficient (Wildman–Crippen LogP) is 2.08. The lowest BCUT2D eigenvalue weighted by Crippen LogP contribution is -2.42. The SMILES string of the molecule is CCN(CC)C(=O)C1CCN(Cc2cc(=O)n3cc(C)ccc3n2)CC1. The van der Waals surface area contributed by atoms with Gasteiger partial charge in [-0.1, -0.05) is 6.07 Å². The first-order valence-electron chi connectivity index (χ1n) is 9.52. The molecule has 1 fully saturated rings. The number of nitrogens with zero attached hydrogens (tertiary/aromatic N) is 4. The van der Waals surface area contributed by atoms with Crippen molar-refractivity contribution in [3.63, 3.8) is 0 Å². The molecule has 0 aliphatic carbocycles. The molecule has 3 rings (SSSR count). The maximum absolute atomic E-state index is 12.5. The van der Waals surface area contributed by atoms with E-state index in [1.807, 2.05) is 44.0 Å². The highest BCUT2D eigenvalue weighted by molar-refractivity contribution is 5.78. The van der Waals surface area contributed by atoms with Gasteiger partial charge in [0.2, 0.25) is 5.91 Å². The van der Waals surface area contributed by atoms with Crippen LogP contribution in [0.15, 0.2) is 29.2 Å². The molecule has 0 aromatic carbocycles. The molecule has 1 aliphatic rings. The lowest BCUT2D eigenvalue weighted by Gasteiger charge is -2.33. The van der Waals surface area contributed by atoms with Gasteiger partial charge in [-0.15, -0.1) is 0 Å². The second-order valence-corrected chi connectivity index (χ2v) is 7.08. The Hall–Kier alpha value is -2.21. The Bertz CT molecular complexity index is 833. The third-order valence-electron chi connectivity index (χ3n) is 5.26. The Labute approximate surface area is 154 Å². The van der Waals surface area contributed by atoms with Crippen molar-refractivity contribution < 1.29 is 4.79 Å². The molecule has 0 unspecified atom stereocenters. The third kappa shape index (κ3) is 3.96. The Morgan fingerprint density at radius 3 is 2.58 bits per heavy atom. The predicted molar refractivity (Wildman–Crippen MR) is 102 cm³/mol. The van der Waals surface area contributed by atoms with Crippen molar-refractivity contribution in [3.05, 3.63) is 46.0 Å². The summed E-state index contributed by atoms with van der Waals surface area (Å²) in [4.78, 5) is 33.7. The molecule has 2 aromatic heterocycles. The highest BCUT2D eigenvalue weighted by Gasteiger charge is 2.27. The molecular weight excluding hydrogens is 328 g/mol. The van der Waals surface area contributed by atoms with Gasteiger partial charge in [0.05, 0.1) is 5.69 Å². The summed E-state index contributed by atoms with van der Waals surface area (Å²) in [6.07, 6.45) is 3.57. The van der Waals surface area contributed by atoms with Crippen LogP contribution < -0.4 is 5.56 Å². The fourth-order valence-electron chi connectivity index (χ4n) is 3.70. The molecular formula is C20H28N4O2. The minimum Gasteiger partial charge on any atom is -0.343 e. The lowest BCUT2D eigenvalue weighted by atomic mass is 9.95. The molecule has 0 radical (unpaired) electrons. The van der Waals surface area contributed by atoms with Crippen LogP contribution in [-0.4, -0.2) is 51.3 Å². The van der Waals surface area contributed by atoms with Crippen LogP contribution in [0.5, 0.6) is 0 Å². The van der Waals surface area contributed by atoms with Gasteiger partial charge in [-0.2, -0.15) is 0 Å². The van der Waals surface area contributed by atoms with E-state index in [1.54, 1.807) is 10.5 Å². The molecule has 140 valence electrons. The average molecular weight is 356 g/mol. The van der Waals surface area contributed by atoms with Gasteiger partial charge in [-0.05, 0) is 58.3 Å². The molecule has 0 bridgehead atoms. The van der Waals surface area contributed by atoms with Gasteiger partial charge in [0.15, 0.2) is 0 Å². The molecule has 1 amide bonds. The molecule has 2 aromatic rings. The largest absolute Gasteiger partial charge is 0.343 e. The molecule has 26 heavy (non-hydrogen) atoms. The molecule has 0 atom stereocenters. The van der Waals surface area contributed by atoms with Crippen molar-refractivity contribution in [2.24, 2.45) is 5.92 Å². The number of aryl methyl sites for hydroxylation is 1. The molecule has 1 saturated heterocycles. The van der Waals surface area contributed by atoms with Gasteiger partial charge in [-0.3, -0.25) is 18.9 Å². The van der Waals surface area contributed by atoms with Crippen molar-refractivity contribution in [2.75, 3.05) is 26.2 Å². The smallest absolute Gasteiger partial charge is 0.258 e. The van der Waals surface area contributed by atoms with Crippen LogP contribution in [0.1, 0.15) is 37.9 Å². The normalized spacial score (nSPS) is 16.1. The zero-order valence-corrected chi connectivity index (χ0v) is 15.9. The van der Waals surface area contributed by atoms with Gasteiger partial charge in [0.25, 0.3) is 5.56 Å². The van der Waals surface area contributed by atoms with Gasteiger partial charge >= 0.3 is 0 Å². The van der Waals surface area contributed by atoms with E-state index in [2.05, 4.69) is 9.88 Å². The van der Waals surface area contributed by atoms with Crippen molar-refractivity contribution in [1.82, 2.24) is 19.2 Å². The number of fused-ring (bicyclic) bond motifs is 1. The summed E-state index contributed by atoms with van der Waals surface area (Å²) in [6.45, 7) is 9.97. The summed E-state index contributed by atoms with van der Waals surface area (Å²) >= 11 is 0. The first kappa shape index (κ1) is 18.6. The molecule has 0 saturated carbocycles. The standard InChI is InChI=1S/C20H28N4O2/c1-4-23(5-2)20(26)16-8-10-22(11-9-16)14-17-12-19(25)24-13-15(3)6-7-18(24)21-17/h6-7,12-13,16H,4-5,8-11,14H2,1-3H3. The zero-order chi connectivity index (χ0) is 18.7. The maximum Gasteiger partial charge on any atom is 0.258 e. The summed E-state index contributed by atoms with van der Waals surface area (Å²) in [5.41, 5.74) is 2.48. The quantitative estimate of drug-likeness (QED) is 0.823. The molecule has 0 spiro atoms. The van der Waals surface area contributed by atoms with E-state index in [0.717, 1.165) is 50.3 Å². The summed E-state index contributed by atoms with van der Waals surface area (Å²) in [6, 6.07) is 5.48. The Morgan fingerprint density at radius 2 is 1.92 bits per heavy atom. The number of likely N-dealkylation sites (tertiary alicyclic amines) is 1. The van der Waals surface area contributed by atoms with Crippen LogP contribution in [0.25, 0.3) is 5.65 Å². The lowest BCUT2D eigenvalue weighted by molar-refractivity contribution is -0.136. The molecule has 6 nitrogen and oxygen atoms in total. The summed E-state index contributed by atoms with van der Waals surface area (Å²) in [5, 5.41) is 0. The van der Waals surface area contributed by atoms with E-state index in [9.17, 15) is 9.59 Å². The first-order chi connectivity index (χ1) is 12.5. The Balaban J connectivity index is 1.65. The zero-order valence-electron chi connectivity index (χ0n) is 15.9. The van der Waals surface area contributed by atoms with Crippen molar-refractivity contribution in [3.8, 4) is 0 Å². The number of amides is 1. The van der Waals surface area contributed by atoms with Gasteiger partial charge in [0, 0.05) is 37.8 Å². The third-order valence-corrected chi connectivity index (χ3v) is 5.26. The van der Waals surface area contributed by atoms with E-state index in [0.29, 0.717) is 12.2 Å². The number of hydrogen-bond donors (Lipinski definition) is 0. The number of aromatic nitrogens is 2. The number of piperidine rings is 1. The van der Waals surface area contributed by atoms with Crippen molar-refractivity contribution in [2.45, 2.75) is 40.2 Å². The van der Waals surface area contributed by atoms with Crippen LogP contribution in [0.4, 0.5) is 0 Å². The van der Waals surface area contributed by atoms with Crippen LogP contribution >= 0.6 is 0 Å². The van der Waals surface area contributed by atoms with Crippen LogP contribution in [0, 0.1) is 12.8 Å². The number of carbonyl (C=O) groups excluding carboxylic acids is 1. The molecule has 6 heteroatoms. The van der Waals surface area contributed by atoms with Gasteiger partial charge < -0.3 is 4.90 Å². The summed E-state index contributed by atoms with van der Waals surface area (Å²) in [5.74, 6) is 0.413. The van der Waals surface area contributed by atoms with E-state index in [4.69, 9.17) is 0 Å². The van der Waals surface area contributed by atoms with Crippen LogP contribution in [0.2, 0.25) is 0 Å². The van der Waals surface area contributed by atoms with Crippen LogP contribution in [-0.2, 0) is 11.3 Å². The molecule has 3 heterocycles. The van der Waals surface area contributed by atoms with Gasteiger partial charge in [0.1, 0.15) is 5.65 Å². The summed E-state index contributed by atoms with van der Waals surface area (Å²) in [7, 11) is 0. The highest BCUT2D eigenvalue weighted by atomic mass is 16.2. The Morgan fingerprint density at radius 1 is 1.23 bits per heavy atom. The van der Waals surface area contributed by atoms with Crippen LogP contribution in [0.3, 0.4) is 0 Å².